The third kappa shape index (κ3) is 1.55. The van der Waals surface area contributed by atoms with Crippen LogP contribution < -0.4 is 0 Å². The minimum atomic E-state index is 0.829. The van der Waals surface area contributed by atoms with E-state index in [9.17, 15) is 0 Å². The highest BCUT2D eigenvalue weighted by atomic mass is 35.5. The lowest BCUT2D eigenvalue weighted by Gasteiger charge is -2.11. The van der Waals surface area contributed by atoms with E-state index in [2.05, 4.69) is 55.5 Å². The van der Waals surface area contributed by atoms with E-state index >= 15 is 0 Å². The van der Waals surface area contributed by atoms with Crippen LogP contribution in [0.1, 0.15) is 5.56 Å². The summed E-state index contributed by atoms with van der Waals surface area (Å²) >= 11 is 6.38. The van der Waals surface area contributed by atoms with Gasteiger partial charge < -0.3 is 0 Å². The summed E-state index contributed by atoms with van der Waals surface area (Å²) in [5, 5.41) is 8.36. The van der Waals surface area contributed by atoms with Crippen LogP contribution in [0.3, 0.4) is 0 Å². The Morgan fingerprint density at radius 2 is 1.50 bits per heavy atom. The molecule has 0 spiro atoms. The summed E-state index contributed by atoms with van der Waals surface area (Å²) in [5.74, 6) is 0. The van der Waals surface area contributed by atoms with Crippen LogP contribution in [-0.4, -0.2) is 0 Å². The smallest absolute Gasteiger partial charge is 0.0487 e. The molecule has 0 saturated heterocycles. The molecule has 0 radical (unpaired) electrons. The predicted octanol–water partition coefficient (Wildman–Crippen LogP) is 6.11. The zero-order valence-electron chi connectivity index (χ0n) is 11.2. The quantitative estimate of drug-likeness (QED) is 0.268. The van der Waals surface area contributed by atoms with Crippen molar-refractivity contribution in [2.45, 2.75) is 6.92 Å². The van der Waals surface area contributed by atoms with E-state index in [1.54, 1.807) is 0 Å². The van der Waals surface area contributed by atoms with Crippen LogP contribution in [0.5, 0.6) is 0 Å². The SMILES string of the molecule is Cc1c2ccc3ccccc3c2cc2cccc(Cl)c12. The maximum atomic E-state index is 6.38. The Balaban J connectivity index is 2.32. The van der Waals surface area contributed by atoms with Gasteiger partial charge in [0.1, 0.15) is 0 Å². The Hall–Kier alpha value is -2.05. The molecule has 1 heteroatoms. The Morgan fingerprint density at radius 1 is 0.700 bits per heavy atom. The second-order valence-electron chi connectivity index (χ2n) is 5.22. The molecule has 0 amide bonds. The zero-order chi connectivity index (χ0) is 13.7. The lowest BCUT2D eigenvalue weighted by Crippen LogP contribution is -1.85. The van der Waals surface area contributed by atoms with Crippen LogP contribution in [-0.2, 0) is 0 Å². The van der Waals surface area contributed by atoms with Crippen LogP contribution in [0.4, 0.5) is 0 Å². The minimum absolute atomic E-state index is 0.829. The first-order valence-electron chi connectivity index (χ1n) is 6.75. The van der Waals surface area contributed by atoms with Gasteiger partial charge in [0.2, 0.25) is 0 Å². The summed E-state index contributed by atoms with van der Waals surface area (Å²) in [7, 11) is 0. The molecule has 20 heavy (non-hydrogen) atoms. The number of fused-ring (bicyclic) bond motifs is 4. The first-order chi connectivity index (χ1) is 9.75. The molecule has 0 unspecified atom stereocenters. The van der Waals surface area contributed by atoms with Gasteiger partial charge in [0.25, 0.3) is 0 Å². The third-order valence-electron chi connectivity index (χ3n) is 4.10. The number of halogens is 1. The van der Waals surface area contributed by atoms with E-state index in [0.29, 0.717) is 0 Å². The van der Waals surface area contributed by atoms with Crippen LogP contribution in [0.2, 0.25) is 5.02 Å². The van der Waals surface area contributed by atoms with Gasteiger partial charge in [-0.3, -0.25) is 0 Å². The molecule has 0 nitrogen and oxygen atoms in total. The van der Waals surface area contributed by atoms with Crippen molar-refractivity contribution in [2.75, 3.05) is 0 Å². The average Bonchev–Trinajstić information content (AvgIpc) is 2.47. The lowest BCUT2D eigenvalue weighted by atomic mass is 9.94. The summed E-state index contributed by atoms with van der Waals surface area (Å²) in [6.07, 6.45) is 0. The third-order valence-corrected chi connectivity index (χ3v) is 4.41. The molecular formula is C19H13Cl. The summed E-state index contributed by atoms with van der Waals surface area (Å²) < 4.78 is 0. The van der Waals surface area contributed by atoms with Crippen molar-refractivity contribution in [2.24, 2.45) is 0 Å². The van der Waals surface area contributed by atoms with Crippen LogP contribution in [0, 0.1) is 6.92 Å². The predicted molar refractivity (Wildman–Crippen MR) is 88.7 cm³/mol. The number of rotatable bonds is 0. The van der Waals surface area contributed by atoms with Crippen molar-refractivity contribution in [3.63, 3.8) is 0 Å². The van der Waals surface area contributed by atoms with Crippen molar-refractivity contribution in [3.05, 3.63) is 71.2 Å². The Bertz CT molecular complexity index is 967. The van der Waals surface area contributed by atoms with E-state index in [-0.39, 0.29) is 0 Å². The molecule has 96 valence electrons. The van der Waals surface area contributed by atoms with Gasteiger partial charge in [0.05, 0.1) is 0 Å². The maximum Gasteiger partial charge on any atom is 0.0487 e. The van der Waals surface area contributed by atoms with Crippen molar-refractivity contribution in [3.8, 4) is 0 Å². The monoisotopic (exact) mass is 276 g/mol. The molecule has 4 aromatic carbocycles. The van der Waals surface area contributed by atoms with Gasteiger partial charge in [-0.05, 0) is 51.6 Å². The van der Waals surface area contributed by atoms with Crippen molar-refractivity contribution >= 4 is 43.9 Å². The normalized spacial score (nSPS) is 11.5. The van der Waals surface area contributed by atoms with Crippen molar-refractivity contribution in [1.82, 2.24) is 0 Å². The highest BCUT2D eigenvalue weighted by molar-refractivity contribution is 6.36. The Labute approximate surface area is 122 Å². The van der Waals surface area contributed by atoms with E-state index < -0.39 is 0 Å². The van der Waals surface area contributed by atoms with Gasteiger partial charge in [-0.25, -0.2) is 0 Å². The fourth-order valence-corrected chi connectivity index (χ4v) is 3.45. The molecule has 0 heterocycles. The van der Waals surface area contributed by atoms with E-state index in [4.69, 9.17) is 11.6 Å². The molecule has 0 atom stereocenters. The van der Waals surface area contributed by atoms with Gasteiger partial charge >= 0.3 is 0 Å². The molecule has 0 saturated carbocycles. The second-order valence-corrected chi connectivity index (χ2v) is 5.63. The standard InChI is InChI=1S/C19H13Cl/c1-12-15-10-9-13-5-2-3-7-16(13)17(15)11-14-6-4-8-18(20)19(12)14/h2-11H,1H3. The molecule has 0 fully saturated rings. The molecule has 4 rings (SSSR count). The highest BCUT2D eigenvalue weighted by Crippen LogP contribution is 2.35. The summed E-state index contributed by atoms with van der Waals surface area (Å²) in [5.41, 5.74) is 1.26. The summed E-state index contributed by atoms with van der Waals surface area (Å²) in [4.78, 5) is 0. The highest BCUT2D eigenvalue weighted by Gasteiger charge is 2.08. The maximum absolute atomic E-state index is 6.38. The van der Waals surface area contributed by atoms with Gasteiger partial charge in [0.15, 0.2) is 0 Å². The van der Waals surface area contributed by atoms with Gasteiger partial charge in [-0.1, -0.05) is 60.1 Å². The molecule has 0 aliphatic rings. The van der Waals surface area contributed by atoms with Crippen molar-refractivity contribution in [1.29, 1.82) is 0 Å². The lowest BCUT2D eigenvalue weighted by molar-refractivity contribution is 1.59. The summed E-state index contributed by atoms with van der Waals surface area (Å²) in [6, 6.07) is 21.3. The molecular weight excluding hydrogens is 264 g/mol. The van der Waals surface area contributed by atoms with Crippen LogP contribution >= 0.6 is 11.6 Å². The topological polar surface area (TPSA) is 0 Å². The molecule has 0 bridgehead atoms. The van der Waals surface area contributed by atoms with Crippen LogP contribution in [0.15, 0.2) is 60.7 Å². The summed E-state index contributed by atoms with van der Waals surface area (Å²) in [6.45, 7) is 2.16. The van der Waals surface area contributed by atoms with E-state index in [1.807, 2.05) is 12.1 Å². The Morgan fingerprint density at radius 3 is 2.40 bits per heavy atom. The van der Waals surface area contributed by atoms with Gasteiger partial charge in [-0.2, -0.15) is 0 Å². The van der Waals surface area contributed by atoms with E-state index in [0.717, 1.165) is 10.4 Å². The number of benzene rings is 4. The molecule has 0 aliphatic heterocycles. The first-order valence-corrected chi connectivity index (χ1v) is 7.13. The number of aryl methyl sites for hydroxylation is 1. The molecule has 0 aromatic heterocycles. The minimum Gasteiger partial charge on any atom is -0.0837 e. The second kappa shape index (κ2) is 4.22. The van der Waals surface area contributed by atoms with Crippen LogP contribution in [0.25, 0.3) is 32.3 Å². The van der Waals surface area contributed by atoms with Gasteiger partial charge in [-0.15, -0.1) is 0 Å². The molecule has 4 aromatic rings. The largest absolute Gasteiger partial charge is 0.0837 e. The first kappa shape index (κ1) is 11.7. The zero-order valence-corrected chi connectivity index (χ0v) is 11.9. The Kier molecular flexibility index (Phi) is 2.48. The molecule has 0 N–H and O–H groups in total. The van der Waals surface area contributed by atoms with Crippen molar-refractivity contribution < 1.29 is 0 Å². The van der Waals surface area contributed by atoms with E-state index in [1.165, 1.54) is 32.5 Å². The number of hydrogen-bond donors (Lipinski definition) is 0. The molecule has 0 aliphatic carbocycles. The number of hydrogen-bond acceptors (Lipinski definition) is 0. The van der Waals surface area contributed by atoms with Gasteiger partial charge in [0, 0.05) is 10.4 Å². The fraction of sp³-hybridized carbons (Fsp3) is 0.0526. The fourth-order valence-electron chi connectivity index (χ4n) is 3.13. The average molecular weight is 277 g/mol.